The van der Waals surface area contributed by atoms with Crippen LogP contribution < -0.4 is 0 Å². The number of phenols is 1. The predicted octanol–water partition coefficient (Wildman–Crippen LogP) is 2.72. The Balaban J connectivity index is 1.47. The molecule has 1 aliphatic carbocycles. The van der Waals surface area contributed by atoms with Crippen molar-refractivity contribution in [1.82, 2.24) is 4.90 Å². The SMILES string of the molecule is Oc1ccc2c(c1)CCC(N1CCC(O)(c3ccccc3)CC1)C2O. The Morgan fingerprint density at radius 1 is 1.00 bits per heavy atom. The topological polar surface area (TPSA) is 63.9 Å². The standard InChI is InChI=1S/C21H25NO3/c23-17-7-8-18-15(14-17)6-9-19(20(18)24)22-12-10-21(25,11-13-22)16-4-2-1-3-5-16/h1-5,7-8,14,19-20,23-25H,6,9-13H2. The number of nitrogens with zero attached hydrogens (tertiary/aromatic N) is 1. The van der Waals surface area contributed by atoms with Gasteiger partial charge in [0, 0.05) is 19.1 Å². The lowest BCUT2D eigenvalue weighted by Gasteiger charge is -2.45. The second kappa shape index (κ2) is 6.45. The van der Waals surface area contributed by atoms with Gasteiger partial charge in [0.2, 0.25) is 0 Å². The molecule has 0 amide bonds. The van der Waals surface area contributed by atoms with Crippen LogP contribution in [-0.2, 0) is 12.0 Å². The molecule has 132 valence electrons. The van der Waals surface area contributed by atoms with E-state index < -0.39 is 11.7 Å². The maximum Gasteiger partial charge on any atom is 0.115 e. The van der Waals surface area contributed by atoms with Gasteiger partial charge in [-0.15, -0.1) is 0 Å². The largest absolute Gasteiger partial charge is 0.508 e. The third-order valence-electron chi connectivity index (χ3n) is 5.92. The molecule has 25 heavy (non-hydrogen) atoms. The lowest BCUT2D eigenvalue weighted by atomic mass is 9.81. The van der Waals surface area contributed by atoms with Crippen LogP contribution in [0.25, 0.3) is 0 Å². The predicted molar refractivity (Wildman–Crippen MR) is 96.3 cm³/mol. The Kier molecular flexibility index (Phi) is 4.28. The number of likely N-dealkylation sites (tertiary alicyclic amines) is 1. The molecule has 0 aromatic heterocycles. The van der Waals surface area contributed by atoms with Crippen molar-refractivity contribution < 1.29 is 15.3 Å². The van der Waals surface area contributed by atoms with E-state index in [1.54, 1.807) is 12.1 Å². The van der Waals surface area contributed by atoms with Gasteiger partial charge in [-0.1, -0.05) is 36.4 Å². The van der Waals surface area contributed by atoms with E-state index in [4.69, 9.17) is 0 Å². The summed E-state index contributed by atoms with van der Waals surface area (Å²) in [6.45, 7) is 1.56. The van der Waals surface area contributed by atoms with Crippen LogP contribution in [-0.4, -0.2) is 39.4 Å². The molecular formula is C21H25NO3. The van der Waals surface area contributed by atoms with Crippen molar-refractivity contribution in [2.24, 2.45) is 0 Å². The fraction of sp³-hybridized carbons (Fsp3) is 0.429. The zero-order valence-corrected chi connectivity index (χ0v) is 14.3. The third-order valence-corrected chi connectivity index (χ3v) is 5.92. The van der Waals surface area contributed by atoms with Crippen molar-refractivity contribution in [2.45, 2.75) is 43.4 Å². The van der Waals surface area contributed by atoms with Gasteiger partial charge in [-0.25, -0.2) is 0 Å². The lowest BCUT2D eigenvalue weighted by molar-refractivity contribution is -0.0568. The molecule has 1 aliphatic heterocycles. The average molecular weight is 339 g/mol. The van der Waals surface area contributed by atoms with Crippen molar-refractivity contribution in [1.29, 1.82) is 0 Å². The molecule has 0 spiro atoms. The molecule has 0 bridgehead atoms. The van der Waals surface area contributed by atoms with Gasteiger partial charge in [-0.05, 0) is 54.5 Å². The Morgan fingerprint density at radius 3 is 2.44 bits per heavy atom. The van der Waals surface area contributed by atoms with Gasteiger partial charge in [0.15, 0.2) is 0 Å². The number of hydrogen-bond acceptors (Lipinski definition) is 4. The molecule has 3 N–H and O–H groups in total. The maximum absolute atomic E-state index is 11.0. The Morgan fingerprint density at radius 2 is 1.72 bits per heavy atom. The number of benzene rings is 2. The molecule has 2 aromatic rings. The van der Waals surface area contributed by atoms with Crippen LogP contribution in [0.1, 0.15) is 42.1 Å². The van der Waals surface area contributed by atoms with E-state index in [9.17, 15) is 15.3 Å². The summed E-state index contributed by atoms with van der Waals surface area (Å²) in [4.78, 5) is 2.32. The maximum atomic E-state index is 11.0. The molecule has 2 aromatic carbocycles. The van der Waals surface area contributed by atoms with Gasteiger partial charge < -0.3 is 15.3 Å². The zero-order chi connectivity index (χ0) is 17.4. The number of aliphatic hydroxyl groups excluding tert-OH is 1. The second-order valence-electron chi connectivity index (χ2n) is 7.37. The minimum Gasteiger partial charge on any atom is -0.508 e. The van der Waals surface area contributed by atoms with Gasteiger partial charge in [0.1, 0.15) is 5.75 Å². The number of fused-ring (bicyclic) bond motifs is 1. The molecule has 2 aliphatic rings. The lowest BCUT2D eigenvalue weighted by Crippen LogP contribution is -2.50. The van der Waals surface area contributed by atoms with Crippen LogP contribution in [0.15, 0.2) is 48.5 Å². The van der Waals surface area contributed by atoms with E-state index in [1.165, 1.54) is 0 Å². The van der Waals surface area contributed by atoms with E-state index in [2.05, 4.69) is 4.90 Å². The van der Waals surface area contributed by atoms with Crippen LogP contribution in [0.3, 0.4) is 0 Å². The summed E-state index contributed by atoms with van der Waals surface area (Å²) < 4.78 is 0. The van der Waals surface area contributed by atoms with Gasteiger partial charge in [0.05, 0.1) is 11.7 Å². The second-order valence-corrected chi connectivity index (χ2v) is 7.37. The highest BCUT2D eigenvalue weighted by Gasteiger charge is 2.39. The summed E-state index contributed by atoms with van der Waals surface area (Å²) in [7, 11) is 0. The summed E-state index contributed by atoms with van der Waals surface area (Å²) in [5, 5.41) is 31.5. The Labute approximate surface area is 148 Å². The number of aryl methyl sites for hydroxylation is 1. The fourth-order valence-corrected chi connectivity index (χ4v) is 4.41. The Hall–Kier alpha value is -1.88. The number of phenolic OH excluding ortho intramolecular Hbond substituents is 1. The van der Waals surface area contributed by atoms with Crippen LogP contribution in [0.5, 0.6) is 5.75 Å². The highest BCUT2D eigenvalue weighted by molar-refractivity contribution is 5.38. The van der Waals surface area contributed by atoms with Gasteiger partial charge >= 0.3 is 0 Å². The smallest absolute Gasteiger partial charge is 0.115 e. The van der Waals surface area contributed by atoms with E-state index in [0.29, 0.717) is 12.8 Å². The molecule has 1 saturated heterocycles. The average Bonchev–Trinajstić information content (AvgIpc) is 2.64. The van der Waals surface area contributed by atoms with Crippen molar-refractivity contribution in [3.63, 3.8) is 0 Å². The zero-order valence-electron chi connectivity index (χ0n) is 14.3. The Bertz CT molecular complexity index is 738. The molecule has 0 radical (unpaired) electrons. The number of aliphatic hydroxyl groups is 2. The van der Waals surface area contributed by atoms with E-state index in [-0.39, 0.29) is 11.8 Å². The number of rotatable bonds is 2. The summed E-state index contributed by atoms with van der Waals surface area (Å²) >= 11 is 0. The summed E-state index contributed by atoms with van der Waals surface area (Å²) in [5.74, 6) is 0.260. The molecule has 1 heterocycles. The molecule has 2 atom stereocenters. The summed E-state index contributed by atoms with van der Waals surface area (Å²) in [6.07, 6.45) is 2.57. The molecule has 2 unspecified atom stereocenters. The number of piperidine rings is 1. The van der Waals surface area contributed by atoms with Crippen molar-refractivity contribution in [3.8, 4) is 5.75 Å². The highest BCUT2D eigenvalue weighted by Crippen LogP contribution is 2.39. The van der Waals surface area contributed by atoms with E-state index >= 15 is 0 Å². The van der Waals surface area contributed by atoms with Crippen molar-refractivity contribution >= 4 is 0 Å². The van der Waals surface area contributed by atoms with Crippen LogP contribution >= 0.6 is 0 Å². The molecule has 1 fully saturated rings. The fourth-order valence-electron chi connectivity index (χ4n) is 4.41. The van der Waals surface area contributed by atoms with E-state index in [0.717, 1.165) is 42.6 Å². The quantitative estimate of drug-likeness (QED) is 0.787. The molecule has 4 heteroatoms. The first-order valence-corrected chi connectivity index (χ1v) is 9.09. The first-order chi connectivity index (χ1) is 12.1. The molecule has 0 saturated carbocycles. The summed E-state index contributed by atoms with van der Waals surface area (Å²) in [6, 6.07) is 15.2. The highest BCUT2D eigenvalue weighted by atomic mass is 16.3. The van der Waals surface area contributed by atoms with Gasteiger partial charge in [0.25, 0.3) is 0 Å². The van der Waals surface area contributed by atoms with E-state index in [1.807, 2.05) is 36.4 Å². The van der Waals surface area contributed by atoms with Gasteiger partial charge in [-0.3, -0.25) is 4.90 Å². The number of hydrogen-bond donors (Lipinski definition) is 3. The van der Waals surface area contributed by atoms with Crippen LogP contribution in [0, 0.1) is 0 Å². The third kappa shape index (κ3) is 3.06. The minimum absolute atomic E-state index is 0.0809. The molecule has 4 nitrogen and oxygen atoms in total. The van der Waals surface area contributed by atoms with Gasteiger partial charge in [-0.2, -0.15) is 0 Å². The normalized spacial score (nSPS) is 26.2. The molecular weight excluding hydrogens is 314 g/mol. The first kappa shape index (κ1) is 16.6. The van der Waals surface area contributed by atoms with Crippen molar-refractivity contribution in [3.05, 3.63) is 65.2 Å². The van der Waals surface area contributed by atoms with Crippen molar-refractivity contribution in [2.75, 3.05) is 13.1 Å². The number of aromatic hydroxyl groups is 1. The minimum atomic E-state index is -0.763. The monoisotopic (exact) mass is 339 g/mol. The first-order valence-electron chi connectivity index (χ1n) is 9.09. The molecule has 4 rings (SSSR count). The summed E-state index contributed by atoms with van der Waals surface area (Å²) in [5.41, 5.74) is 2.19. The van der Waals surface area contributed by atoms with Crippen LogP contribution in [0.4, 0.5) is 0 Å². The van der Waals surface area contributed by atoms with Crippen LogP contribution in [0.2, 0.25) is 0 Å².